The summed E-state index contributed by atoms with van der Waals surface area (Å²) in [6.07, 6.45) is 0.939. The molecule has 16 heteroatoms. The number of carbonyl (C=O) groups is 2. The van der Waals surface area contributed by atoms with Crippen LogP contribution in [-0.2, 0) is 32.5 Å². The molecule has 1 aromatic rings. The molecule has 2 rings (SSSR count). The molecular formula is C28H46FN2O10PS2. The third-order valence-electron chi connectivity index (χ3n) is 6.29. The van der Waals surface area contributed by atoms with Crippen LogP contribution in [0.5, 0.6) is 0 Å². The Hall–Kier alpha value is -1.32. The molecule has 0 aliphatic carbocycles. The monoisotopic (exact) mass is 684 g/mol. The van der Waals surface area contributed by atoms with Gasteiger partial charge in [-0.2, -0.15) is 0 Å². The van der Waals surface area contributed by atoms with Gasteiger partial charge in [-0.3, -0.25) is 37.5 Å². The molecule has 1 fully saturated rings. The molecule has 2 N–H and O–H groups in total. The van der Waals surface area contributed by atoms with Gasteiger partial charge >= 0.3 is 13.5 Å². The molecule has 1 aliphatic heterocycles. The quantitative estimate of drug-likeness (QED) is 0.173. The van der Waals surface area contributed by atoms with Crippen molar-refractivity contribution in [2.24, 2.45) is 10.8 Å². The van der Waals surface area contributed by atoms with E-state index < -0.39 is 60.6 Å². The summed E-state index contributed by atoms with van der Waals surface area (Å²) in [6.45, 7) is 11.2. The lowest BCUT2D eigenvalue weighted by atomic mass is 9.99. The average Bonchev–Trinajstić information content (AvgIpc) is 3.14. The number of aromatic amines is 1. The Morgan fingerprint density at radius 2 is 1.52 bits per heavy atom. The molecule has 0 saturated carbocycles. The average molecular weight is 685 g/mol. The Kier molecular flexibility index (Phi) is 14.1. The van der Waals surface area contributed by atoms with Gasteiger partial charge in [0.15, 0.2) is 16.5 Å². The van der Waals surface area contributed by atoms with E-state index in [1.807, 2.05) is 46.5 Å². The van der Waals surface area contributed by atoms with Crippen molar-refractivity contribution < 1.29 is 42.0 Å². The van der Waals surface area contributed by atoms with E-state index in [0.29, 0.717) is 37.2 Å². The van der Waals surface area contributed by atoms with Crippen LogP contribution in [0.4, 0.5) is 4.39 Å². The van der Waals surface area contributed by atoms with Crippen LogP contribution >= 0.6 is 31.3 Å². The molecule has 0 aromatic carbocycles. The van der Waals surface area contributed by atoms with Gasteiger partial charge in [-0.15, -0.1) is 0 Å². The maximum absolute atomic E-state index is 15.8. The van der Waals surface area contributed by atoms with E-state index in [0.717, 1.165) is 16.8 Å². The van der Waals surface area contributed by atoms with E-state index in [4.69, 9.17) is 18.3 Å². The molecule has 44 heavy (non-hydrogen) atoms. The van der Waals surface area contributed by atoms with Crippen molar-refractivity contribution in [2.75, 3.05) is 31.3 Å². The van der Waals surface area contributed by atoms with E-state index in [2.05, 4.69) is 0 Å². The number of H-pyrrole nitrogens is 1. The van der Waals surface area contributed by atoms with Crippen LogP contribution in [0.3, 0.4) is 0 Å². The van der Waals surface area contributed by atoms with Crippen molar-refractivity contribution >= 4 is 41.6 Å². The van der Waals surface area contributed by atoms with Gasteiger partial charge in [0.25, 0.3) is 5.56 Å². The van der Waals surface area contributed by atoms with Gasteiger partial charge in [0.2, 0.25) is 5.85 Å². The number of carbonyl (C=O) groups excluding carboxylic acids is 2. The standard InChI is InChI=1S/C28H46FN2O10PS2/c1-25(2,3)22(33)43-16-10-8-14-38-42(37,39-15-9-11-17-44-23(34)26(4,5)6)40-19-28(29)18-27(7,36)21(41-28)31-13-12-20(32)30-24(31)35/h12-13,21,36H,8-11,14-19H2,1-7H3,(H,30,32,35). The van der Waals surface area contributed by atoms with Crippen LogP contribution in [0.2, 0.25) is 0 Å². The Labute approximate surface area is 266 Å². The van der Waals surface area contributed by atoms with Gasteiger partial charge in [-0.1, -0.05) is 65.1 Å². The highest BCUT2D eigenvalue weighted by Gasteiger charge is 2.56. The van der Waals surface area contributed by atoms with Crippen molar-refractivity contribution in [3.63, 3.8) is 0 Å². The van der Waals surface area contributed by atoms with E-state index in [-0.39, 0.29) is 23.4 Å². The second kappa shape index (κ2) is 16.0. The van der Waals surface area contributed by atoms with E-state index in [9.17, 15) is 28.8 Å². The predicted molar refractivity (Wildman–Crippen MR) is 168 cm³/mol. The Morgan fingerprint density at radius 1 is 1.02 bits per heavy atom. The summed E-state index contributed by atoms with van der Waals surface area (Å²) in [4.78, 5) is 49.9. The third kappa shape index (κ3) is 12.5. The summed E-state index contributed by atoms with van der Waals surface area (Å²) in [5, 5.41) is 11.0. The fraction of sp³-hybridized carbons (Fsp3) is 0.786. The molecule has 12 nitrogen and oxygen atoms in total. The number of thioether (sulfide) groups is 2. The second-order valence-electron chi connectivity index (χ2n) is 13.0. The van der Waals surface area contributed by atoms with Crippen molar-refractivity contribution in [2.45, 2.75) is 98.3 Å². The van der Waals surface area contributed by atoms with Crippen LogP contribution in [0, 0.1) is 10.8 Å². The molecular weight excluding hydrogens is 638 g/mol. The minimum atomic E-state index is -4.32. The van der Waals surface area contributed by atoms with Crippen molar-refractivity contribution in [1.29, 1.82) is 0 Å². The number of hydrogen-bond donors (Lipinski definition) is 2. The van der Waals surface area contributed by atoms with Gasteiger partial charge in [0, 0.05) is 41.0 Å². The molecule has 3 atom stereocenters. The van der Waals surface area contributed by atoms with Crippen LogP contribution in [0.1, 0.15) is 86.8 Å². The summed E-state index contributed by atoms with van der Waals surface area (Å²) in [5.74, 6) is -1.60. The Morgan fingerprint density at radius 3 is 1.98 bits per heavy atom. The fourth-order valence-electron chi connectivity index (χ4n) is 3.85. The minimum Gasteiger partial charge on any atom is -0.385 e. The van der Waals surface area contributed by atoms with Gasteiger partial charge in [-0.05, 0) is 32.6 Å². The number of rotatable bonds is 16. The largest absolute Gasteiger partial charge is 0.474 e. The lowest BCUT2D eigenvalue weighted by molar-refractivity contribution is -0.184. The fourth-order valence-corrected chi connectivity index (χ4v) is 7.07. The molecule has 1 aliphatic rings. The van der Waals surface area contributed by atoms with Crippen LogP contribution in [-0.4, -0.2) is 67.7 Å². The molecule has 0 amide bonds. The highest BCUT2D eigenvalue weighted by Crippen LogP contribution is 2.53. The number of phosphoric acid groups is 1. The normalized spacial score (nSPS) is 22.8. The first-order valence-corrected chi connectivity index (χ1v) is 17.9. The lowest BCUT2D eigenvalue weighted by Crippen LogP contribution is -2.40. The van der Waals surface area contributed by atoms with Crippen molar-refractivity contribution in [3.8, 4) is 0 Å². The van der Waals surface area contributed by atoms with E-state index in [1.165, 1.54) is 30.4 Å². The number of nitrogens with zero attached hydrogens (tertiary/aromatic N) is 1. The zero-order chi connectivity index (χ0) is 33.4. The number of unbranched alkanes of at least 4 members (excludes halogenated alkanes) is 2. The van der Waals surface area contributed by atoms with Crippen molar-refractivity contribution in [3.05, 3.63) is 33.1 Å². The topological polar surface area (TPSA) is 163 Å². The number of hydrogen-bond acceptors (Lipinski definition) is 12. The highest BCUT2D eigenvalue weighted by molar-refractivity contribution is 8.14. The summed E-state index contributed by atoms with van der Waals surface area (Å²) in [7, 11) is -4.32. The molecule has 0 bridgehead atoms. The smallest absolute Gasteiger partial charge is 0.385 e. The molecule has 1 saturated heterocycles. The molecule has 0 radical (unpaired) electrons. The summed E-state index contributed by atoms with van der Waals surface area (Å²) in [6, 6.07) is 1.03. The first-order chi connectivity index (χ1) is 20.2. The maximum Gasteiger partial charge on any atom is 0.474 e. The SMILES string of the molecule is CC(C)(C)C(=O)SCCCCOP(=O)(OCCCCSC(=O)C(C)(C)C)OCC1(F)CC(C)(O)C(n2ccc(=O)[nH]c2=O)O1. The third-order valence-corrected chi connectivity index (χ3v) is 10.5. The second-order valence-corrected chi connectivity index (χ2v) is 16.8. The summed E-state index contributed by atoms with van der Waals surface area (Å²) in [5.41, 5.74) is -4.40. The molecule has 252 valence electrons. The van der Waals surface area contributed by atoms with E-state index >= 15 is 4.39 Å². The van der Waals surface area contributed by atoms with Gasteiger partial charge < -0.3 is 9.84 Å². The number of ether oxygens (including phenoxy) is 1. The maximum atomic E-state index is 15.8. The zero-order valence-corrected chi connectivity index (χ0v) is 29.0. The predicted octanol–water partition coefficient (Wildman–Crippen LogP) is 5.20. The first-order valence-electron chi connectivity index (χ1n) is 14.5. The van der Waals surface area contributed by atoms with E-state index in [1.54, 1.807) is 0 Å². The lowest BCUT2D eigenvalue weighted by Gasteiger charge is -2.25. The van der Waals surface area contributed by atoms with Gasteiger partial charge in [-0.25, -0.2) is 13.8 Å². The molecule has 3 unspecified atom stereocenters. The number of phosphoric ester groups is 1. The molecule has 1 aromatic heterocycles. The number of aliphatic hydroxyl groups is 1. The number of aromatic nitrogens is 2. The van der Waals surface area contributed by atoms with Crippen LogP contribution in [0.15, 0.2) is 21.9 Å². The Bertz CT molecular complexity index is 1250. The van der Waals surface area contributed by atoms with Crippen LogP contribution < -0.4 is 11.2 Å². The van der Waals surface area contributed by atoms with Gasteiger partial charge in [0.1, 0.15) is 12.2 Å². The number of halogens is 1. The molecule has 0 spiro atoms. The molecule has 2 heterocycles. The van der Waals surface area contributed by atoms with Crippen LogP contribution in [0.25, 0.3) is 0 Å². The summed E-state index contributed by atoms with van der Waals surface area (Å²) >= 11 is 2.41. The first kappa shape index (κ1) is 38.9. The minimum absolute atomic E-state index is 0.0509. The number of alkyl halides is 1. The summed E-state index contributed by atoms with van der Waals surface area (Å²) < 4.78 is 51.8. The Balaban J connectivity index is 1.99. The van der Waals surface area contributed by atoms with Gasteiger partial charge in [0.05, 0.1) is 13.2 Å². The van der Waals surface area contributed by atoms with Crippen molar-refractivity contribution in [1.82, 2.24) is 9.55 Å². The zero-order valence-electron chi connectivity index (χ0n) is 26.5. The number of nitrogens with one attached hydrogen (secondary N) is 1. The highest BCUT2D eigenvalue weighted by atomic mass is 32.2.